The Morgan fingerprint density at radius 3 is 2.79 bits per heavy atom. The lowest BCUT2D eigenvalue weighted by Crippen LogP contribution is -2.24. The summed E-state index contributed by atoms with van der Waals surface area (Å²) in [5.74, 6) is 0. The maximum atomic E-state index is 11.8. The summed E-state index contributed by atoms with van der Waals surface area (Å²) >= 11 is 0. The molecule has 108 valence electrons. The van der Waals surface area contributed by atoms with Gasteiger partial charge in [0.15, 0.2) is 0 Å². The summed E-state index contributed by atoms with van der Waals surface area (Å²) in [7, 11) is 1.64. The second-order valence-electron chi connectivity index (χ2n) is 4.56. The minimum atomic E-state index is -0.0949. The number of aromatic nitrogens is 2. The molecule has 0 atom stereocenters. The molecule has 0 aliphatic heterocycles. The Bertz CT molecular complexity index is 418. The molecule has 6 heteroatoms. The fourth-order valence-corrected chi connectivity index (χ4v) is 1.57. The molecular weight excluding hydrogens is 246 g/mol. The molecule has 0 fully saturated rings. The van der Waals surface area contributed by atoms with E-state index in [4.69, 9.17) is 9.47 Å². The van der Waals surface area contributed by atoms with Crippen LogP contribution in [-0.2, 0) is 16.0 Å². The van der Waals surface area contributed by atoms with Gasteiger partial charge in [-0.3, -0.25) is 4.79 Å². The molecule has 0 aromatic carbocycles. The van der Waals surface area contributed by atoms with Gasteiger partial charge in [-0.25, -0.2) is 4.68 Å². The maximum Gasteiger partial charge on any atom is 0.268 e. The maximum absolute atomic E-state index is 11.8. The van der Waals surface area contributed by atoms with Gasteiger partial charge in [0.25, 0.3) is 5.56 Å². The highest BCUT2D eigenvalue weighted by atomic mass is 16.5. The topological polar surface area (TPSA) is 65.4 Å². The highest BCUT2D eigenvalue weighted by Gasteiger charge is 2.01. The van der Waals surface area contributed by atoms with Gasteiger partial charge in [0.2, 0.25) is 0 Å². The van der Waals surface area contributed by atoms with Crippen molar-refractivity contribution < 1.29 is 9.47 Å². The molecule has 0 spiro atoms. The Morgan fingerprint density at radius 2 is 2.16 bits per heavy atom. The largest absolute Gasteiger partial charge is 0.382 e. The second-order valence-corrected chi connectivity index (χ2v) is 4.56. The quantitative estimate of drug-likeness (QED) is 0.680. The molecule has 1 heterocycles. The molecule has 0 saturated carbocycles. The fourth-order valence-electron chi connectivity index (χ4n) is 1.57. The highest BCUT2D eigenvalue weighted by Crippen LogP contribution is 2.02. The van der Waals surface area contributed by atoms with E-state index in [-0.39, 0.29) is 11.6 Å². The smallest absolute Gasteiger partial charge is 0.268 e. The minimum Gasteiger partial charge on any atom is -0.382 e. The lowest BCUT2D eigenvalue weighted by atomic mass is 10.3. The molecule has 0 saturated heterocycles. The Balaban J connectivity index is 2.36. The number of nitrogens with zero attached hydrogens (tertiary/aromatic N) is 2. The molecular formula is C13H23N3O3. The van der Waals surface area contributed by atoms with Crippen LogP contribution in [0.3, 0.4) is 0 Å². The summed E-state index contributed by atoms with van der Waals surface area (Å²) in [6.07, 6.45) is 2.43. The van der Waals surface area contributed by atoms with Crippen molar-refractivity contribution in [3.05, 3.63) is 22.6 Å². The first-order valence-corrected chi connectivity index (χ1v) is 6.54. The van der Waals surface area contributed by atoms with Crippen LogP contribution >= 0.6 is 0 Å². The van der Waals surface area contributed by atoms with Crippen molar-refractivity contribution in [2.45, 2.75) is 32.9 Å². The minimum absolute atomic E-state index is 0.0949. The summed E-state index contributed by atoms with van der Waals surface area (Å²) in [5, 5.41) is 7.28. The zero-order valence-corrected chi connectivity index (χ0v) is 11.9. The lowest BCUT2D eigenvalue weighted by Gasteiger charge is -2.10. The number of hydrogen-bond acceptors (Lipinski definition) is 5. The molecule has 19 heavy (non-hydrogen) atoms. The lowest BCUT2D eigenvalue weighted by molar-refractivity contribution is 0.0675. The van der Waals surface area contributed by atoms with Gasteiger partial charge in [-0.05, 0) is 20.3 Å². The van der Waals surface area contributed by atoms with Crippen molar-refractivity contribution in [1.82, 2.24) is 9.78 Å². The normalized spacial score (nSPS) is 10.9. The predicted molar refractivity (Wildman–Crippen MR) is 74.6 cm³/mol. The Morgan fingerprint density at radius 1 is 1.37 bits per heavy atom. The molecule has 1 aromatic rings. The fraction of sp³-hybridized carbons (Fsp3) is 0.692. The van der Waals surface area contributed by atoms with E-state index in [0.29, 0.717) is 26.4 Å². The third kappa shape index (κ3) is 6.35. The molecule has 1 rings (SSSR count). The summed E-state index contributed by atoms with van der Waals surface area (Å²) in [5.41, 5.74) is 0.662. The van der Waals surface area contributed by atoms with E-state index in [1.807, 2.05) is 13.8 Å². The summed E-state index contributed by atoms with van der Waals surface area (Å²) in [6, 6.07) is 1.85. The van der Waals surface area contributed by atoms with Crippen LogP contribution in [0.25, 0.3) is 0 Å². The van der Waals surface area contributed by atoms with Crippen molar-refractivity contribution >= 4 is 5.69 Å². The Hall–Kier alpha value is -1.40. The molecule has 0 aliphatic rings. The first kappa shape index (κ1) is 15.7. The van der Waals surface area contributed by atoms with E-state index >= 15 is 0 Å². The summed E-state index contributed by atoms with van der Waals surface area (Å²) in [6.45, 7) is 6.37. The van der Waals surface area contributed by atoms with Crippen LogP contribution in [0.15, 0.2) is 17.1 Å². The monoisotopic (exact) mass is 269 g/mol. The van der Waals surface area contributed by atoms with Crippen LogP contribution < -0.4 is 10.9 Å². The van der Waals surface area contributed by atoms with Gasteiger partial charge in [-0.1, -0.05) is 0 Å². The van der Waals surface area contributed by atoms with Crippen molar-refractivity contribution in [2.75, 3.05) is 32.2 Å². The SMILES string of the molecule is COCCOCCCn1ncc(NC(C)C)cc1=O. The Kier molecular flexibility index (Phi) is 7.14. The number of ether oxygens (including phenoxy) is 2. The van der Waals surface area contributed by atoms with Gasteiger partial charge in [0.05, 0.1) is 25.1 Å². The molecule has 1 N–H and O–H groups in total. The number of aryl methyl sites for hydroxylation is 1. The second kappa shape index (κ2) is 8.66. The summed E-state index contributed by atoms with van der Waals surface area (Å²) in [4.78, 5) is 11.8. The van der Waals surface area contributed by atoms with Crippen molar-refractivity contribution in [2.24, 2.45) is 0 Å². The third-order valence-corrected chi connectivity index (χ3v) is 2.42. The molecule has 0 amide bonds. The number of rotatable bonds is 9. The van der Waals surface area contributed by atoms with E-state index in [2.05, 4.69) is 10.4 Å². The van der Waals surface area contributed by atoms with E-state index in [1.165, 1.54) is 4.68 Å². The van der Waals surface area contributed by atoms with E-state index in [1.54, 1.807) is 19.4 Å². The molecule has 0 aliphatic carbocycles. The number of hydrogen-bond donors (Lipinski definition) is 1. The van der Waals surface area contributed by atoms with Crippen LogP contribution in [-0.4, -0.2) is 42.8 Å². The van der Waals surface area contributed by atoms with E-state index < -0.39 is 0 Å². The van der Waals surface area contributed by atoms with E-state index in [9.17, 15) is 4.79 Å². The van der Waals surface area contributed by atoms with Gasteiger partial charge in [0.1, 0.15) is 0 Å². The van der Waals surface area contributed by atoms with Crippen LogP contribution in [0.1, 0.15) is 20.3 Å². The molecule has 1 aromatic heterocycles. The van der Waals surface area contributed by atoms with Gasteiger partial charge < -0.3 is 14.8 Å². The predicted octanol–water partition coefficient (Wildman–Crippen LogP) is 1.12. The first-order valence-electron chi connectivity index (χ1n) is 6.54. The zero-order chi connectivity index (χ0) is 14.1. The molecule has 0 unspecified atom stereocenters. The van der Waals surface area contributed by atoms with Crippen LogP contribution in [0, 0.1) is 0 Å². The average molecular weight is 269 g/mol. The van der Waals surface area contributed by atoms with Crippen molar-refractivity contribution in [3.8, 4) is 0 Å². The average Bonchev–Trinajstić information content (AvgIpc) is 2.35. The third-order valence-electron chi connectivity index (χ3n) is 2.42. The Labute approximate surface area is 113 Å². The summed E-state index contributed by atoms with van der Waals surface area (Å²) < 4.78 is 11.7. The number of anilines is 1. The standard InChI is InChI=1S/C13H23N3O3/c1-11(2)15-12-9-13(17)16(14-10-12)5-4-6-19-8-7-18-3/h9-11,15H,4-8H2,1-3H3. The van der Waals surface area contributed by atoms with Gasteiger partial charge in [-0.2, -0.15) is 5.10 Å². The molecule has 6 nitrogen and oxygen atoms in total. The first-order chi connectivity index (χ1) is 9.13. The van der Waals surface area contributed by atoms with Crippen molar-refractivity contribution in [1.29, 1.82) is 0 Å². The number of nitrogens with one attached hydrogen (secondary N) is 1. The van der Waals surface area contributed by atoms with Crippen LogP contribution in [0.4, 0.5) is 5.69 Å². The van der Waals surface area contributed by atoms with E-state index in [0.717, 1.165) is 12.1 Å². The van der Waals surface area contributed by atoms with Gasteiger partial charge in [0, 0.05) is 32.4 Å². The number of methoxy groups -OCH3 is 1. The van der Waals surface area contributed by atoms with Crippen LogP contribution in [0.2, 0.25) is 0 Å². The van der Waals surface area contributed by atoms with Crippen LogP contribution in [0.5, 0.6) is 0 Å². The van der Waals surface area contributed by atoms with Gasteiger partial charge in [-0.15, -0.1) is 0 Å². The molecule has 0 bridgehead atoms. The van der Waals surface area contributed by atoms with Crippen molar-refractivity contribution in [3.63, 3.8) is 0 Å². The highest BCUT2D eigenvalue weighted by molar-refractivity contribution is 5.39. The van der Waals surface area contributed by atoms with Gasteiger partial charge >= 0.3 is 0 Å². The molecule has 0 radical (unpaired) electrons. The zero-order valence-electron chi connectivity index (χ0n) is 11.9.